The summed E-state index contributed by atoms with van der Waals surface area (Å²) in [5.41, 5.74) is 0.0371. The Balaban J connectivity index is 2.31. The quantitative estimate of drug-likeness (QED) is 0.657. The van der Waals surface area contributed by atoms with Crippen molar-refractivity contribution in [3.8, 4) is 5.75 Å². The molecule has 1 saturated carbocycles. The van der Waals surface area contributed by atoms with Crippen molar-refractivity contribution in [1.82, 2.24) is 10.0 Å². The predicted octanol–water partition coefficient (Wildman–Crippen LogP) is 0.339. The first-order chi connectivity index (χ1) is 10.7. The van der Waals surface area contributed by atoms with Crippen molar-refractivity contribution >= 4 is 21.9 Å². The summed E-state index contributed by atoms with van der Waals surface area (Å²) >= 11 is 0. The second-order valence-electron chi connectivity index (χ2n) is 5.29. The fourth-order valence-corrected chi connectivity index (χ4v) is 3.35. The van der Waals surface area contributed by atoms with Gasteiger partial charge in [0.15, 0.2) is 0 Å². The molecule has 0 saturated heterocycles. The molecule has 23 heavy (non-hydrogen) atoms. The molecule has 9 heteroatoms. The van der Waals surface area contributed by atoms with Gasteiger partial charge in [-0.1, -0.05) is 0 Å². The highest BCUT2D eigenvalue weighted by molar-refractivity contribution is 7.89. The van der Waals surface area contributed by atoms with E-state index in [4.69, 9.17) is 9.84 Å². The number of ether oxygens (including phenoxy) is 1. The van der Waals surface area contributed by atoms with Gasteiger partial charge >= 0.3 is 5.97 Å². The number of carboxylic acid groups (broad SMARTS) is 1. The van der Waals surface area contributed by atoms with Crippen LogP contribution in [0.4, 0.5) is 0 Å². The van der Waals surface area contributed by atoms with Crippen molar-refractivity contribution in [2.75, 3.05) is 7.11 Å². The van der Waals surface area contributed by atoms with E-state index in [1.807, 2.05) is 0 Å². The lowest BCUT2D eigenvalue weighted by Crippen LogP contribution is -2.38. The Kier molecular flexibility index (Phi) is 4.90. The van der Waals surface area contributed by atoms with E-state index in [1.54, 1.807) is 0 Å². The first kappa shape index (κ1) is 17.2. The van der Waals surface area contributed by atoms with Gasteiger partial charge in [-0.2, -0.15) is 0 Å². The van der Waals surface area contributed by atoms with E-state index in [0.29, 0.717) is 0 Å². The second kappa shape index (κ2) is 6.55. The third-order valence-corrected chi connectivity index (χ3v) is 4.87. The molecule has 1 atom stereocenters. The molecule has 1 fully saturated rings. The van der Waals surface area contributed by atoms with Crippen LogP contribution in [0.5, 0.6) is 5.75 Å². The highest BCUT2D eigenvalue weighted by Crippen LogP contribution is 2.28. The summed E-state index contributed by atoms with van der Waals surface area (Å²) in [5.74, 6) is -1.75. The van der Waals surface area contributed by atoms with Crippen molar-refractivity contribution in [3.05, 3.63) is 23.8 Å². The zero-order valence-corrected chi connectivity index (χ0v) is 13.5. The van der Waals surface area contributed by atoms with Gasteiger partial charge in [-0.05, 0) is 38.0 Å². The summed E-state index contributed by atoms with van der Waals surface area (Å²) in [7, 11) is -2.48. The van der Waals surface area contributed by atoms with E-state index >= 15 is 0 Å². The molecule has 0 bridgehead atoms. The van der Waals surface area contributed by atoms with Gasteiger partial charge in [-0.15, -0.1) is 0 Å². The third kappa shape index (κ3) is 4.20. The third-order valence-electron chi connectivity index (χ3n) is 3.33. The number of carbonyl (C=O) groups is 2. The maximum absolute atomic E-state index is 12.4. The molecule has 0 heterocycles. The number of methoxy groups -OCH3 is 1. The van der Waals surface area contributed by atoms with Crippen LogP contribution in [0.15, 0.2) is 23.1 Å². The Hall–Kier alpha value is -2.13. The van der Waals surface area contributed by atoms with E-state index in [0.717, 1.165) is 12.8 Å². The van der Waals surface area contributed by atoms with Gasteiger partial charge in [-0.25, -0.2) is 13.1 Å². The fraction of sp³-hybridized carbons (Fsp3) is 0.429. The lowest BCUT2D eigenvalue weighted by molar-refractivity contribution is -0.138. The molecule has 3 N–H and O–H groups in total. The largest absolute Gasteiger partial charge is 0.495 e. The second-order valence-corrected chi connectivity index (χ2v) is 6.98. The Morgan fingerprint density at radius 1 is 1.35 bits per heavy atom. The first-order valence-electron chi connectivity index (χ1n) is 6.98. The first-order valence-corrected chi connectivity index (χ1v) is 8.47. The van der Waals surface area contributed by atoms with Crippen molar-refractivity contribution in [2.45, 2.75) is 36.7 Å². The van der Waals surface area contributed by atoms with E-state index in [2.05, 4.69) is 10.0 Å². The van der Waals surface area contributed by atoms with Crippen LogP contribution in [-0.2, 0) is 14.8 Å². The number of rotatable bonds is 7. The maximum atomic E-state index is 12.4. The zero-order chi connectivity index (χ0) is 17.2. The lowest BCUT2D eigenvalue weighted by Gasteiger charge is -2.13. The molecule has 0 spiro atoms. The van der Waals surface area contributed by atoms with E-state index < -0.39 is 27.9 Å². The Bertz CT molecular complexity index is 727. The SMILES string of the molecule is COc1ccc(C(=O)N[C@H](C)C(=O)O)cc1S(=O)(=O)NC1CC1. The molecule has 2 rings (SSSR count). The molecule has 8 nitrogen and oxygen atoms in total. The Morgan fingerprint density at radius 2 is 2.00 bits per heavy atom. The van der Waals surface area contributed by atoms with Gasteiger partial charge < -0.3 is 15.2 Å². The molecule has 0 aliphatic heterocycles. The van der Waals surface area contributed by atoms with Gasteiger partial charge in [0.25, 0.3) is 5.91 Å². The van der Waals surface area contributed by atoms with Gasteiger partial charge in [0, 0.05) is 11.6 Å². The summed E-state index contributed by atoms with van der Waals surface area (Å²) in [6.07, 6.45) is 1.55. The molecule has 0 unspecified atom stereocenters. The summed E-state index contributed by atoms with van der Waals surface area (Å²) in [6.45, 7) is 1.32. The highest BCUT2D eigenvalue weighted by atomic mass is 32.2. The minimum atomic E-state index is -3.81. The topological polar surface area (TPSA) is 122 Å². The van der Waals surface area contributed by atoms with E-state index in [9.17, 15) is 18.0 Å². The zero-order valence-electron chi connectivity index (χ0n) is 12.7. The van der Waals surface area contributed by atoms with Crippen molar-refractivity contribution in [2.24, 2.45) is 0 Å². The summed E-state index contributed by atoms with van der Waals surface area (Å²) in [5, 5.41) is 11.1. The minimum absolute atomic E-state index is 0.0371. The van der Waals surface area contributed by atoms with E-state index in [-0.39, 0.29) is 22.3 Å². The molecule has 0 radical (unpaired) electrons. The molecule has 0 aromatic heterocycles. The normalized spacial score (nSPS) is 15.7. The molecule has 1 aliphatic carbocycles. The summed E-state index contributed by atoms with van der Waals surface area (Å²) < 4.78 is 32.3. The fourth-order valence-electron chi connectivity index (χ4n) is 1.85. The lowest BCUT2D eigenvalue weighted by atomic mass is 10.2. The van der Waals surface area contributed by atoms with Gasteiger partial charge in [0.2, 0.25) is 10.0 Å². The van der Waals surface area contributed by atoms with Crippen LogP contribution in [0, 0.1) is 0 Å². The summed E-state index contributed by atoms with van der Waals surface area (Å²) in [4.78, 5) is 22.7. The number of nitrogens with one attached hydrogen (secondary N) is 2. The number of amides is 1. The number of carbonyl (C=O) groups excluding carboxylic acids is 1. The van der Waals surface area contributed by atoms with Crippen LogP contribution in [-0.4, -0.2) is 44.6 Å². The highest BCUT2D eigenvalue weighted by Gasteiger charge is 2.30. The number of carboxylic acids is 1. The molecular formula is C14H18N2O6S. The summed E-state index contributed by atoms with van der Waals surface area (Å²) in [6, 6.07) is 2.73. The van der Waals surface area contributed by atoms with Gasteiger partial charge in [0.05, 0.1) is 7.11 Å². The average molecular weight is 342 g/mol. The van der Waals surface area contributed by atoms with Crippen molar-refractivity contribution in [3.63, 3.8) is 0 Å². The molecule has 1 amide bonds. The molecule has 1 aliphatic rings. The smallest absolute Gasteiger partial charge is 0.325 e. The number of hydrogen-bond donors (Lipinski definition) is 3. The minimum Gasteiger partial charge on any atom is -0.495 e. The Morgan fingerprint density at radius 3 is 2.52 bits per heavy atom. The molecule has 1 aromatic rings. The van der Waals surface area contributed by atoms with Crippen molar-refractivity contribution in [1.29, 1.82) is 0 Å². The number of sulfonamides is 1. The van der Waals surface area contributed by atoms with Crippen LogP contribution < -0.4 is 14.8 Å². The maximum Gasteiger partial charge on any atom is 0.325 e. The van der Waals surface area contributed by atoms with Gasteiger partial charge in [-0.3, -0.25) is 9.59 Å². The van der Waals surface area contributed by atoms with Gasteiger partial charge in [0.1, 0.15) is 16.7 Å². The van der Waals surface area contributed by atoms with Crippen LogP contribution in [0.3, 0.4) is 0 Å². The van der Waals surface area contributed by atoms with Crippen LogP contribution in [0.25, 0.3) is 0 Å². The molecule has 126 valence electrons. The number of hydrogen-bond acceptors (Lipinski definition) is 5. The average Bonchev–Trinajstić information content (AvgIpc) is 3.29. The van der Waals surface area contributed by atoms with E-state index in [1.165, 1.54) is 32.2 Å². The number of aliphatic carboxylic acids is 1. The Labute approximate surface area is 133 Å². The monoisotopic (exact) mass is 342 g/mol. The predicted molar refractivity (Wildman–Crippen MR) is 80.9 cm³/mol. The van der Waals surface area contributed by atoms with Crippen LogP contribution in [0.2, 0.25) is 0 Å². The van der Waals surface area contributed by atoms with Crippen molar-refractivity contribution < 1.29 is 27.9 Å². The standard InChI is InChI=1S/C14H18N2O6S/c1-8(14(18)19)15-13(17)9-3-6-11(22-2)12(7-9)23(20,21)16-10-4-5-10/h3,6-8,10,16H,4-5H2,1-2H3,(H,15,17)(H,18,19)/t8-/m1/s1. The molecule has 1 aromatic carbocycles. The molecular weight excluding hydrogens is 324 g/mol. The van der Waals surface area contributed by atoms with Crippen LogP contribution >= 0.6 is 0 Å². The number of benzene rings is 1. The van der Waals surface area contributed by atoms with Crippen LogP contribution in [0.1, 0.15) is 30.1 Å².